The maximum atomic E-state index is 14.0. The van der Waals surface area contributed by atoms with Crippen LogP contribution in [0.3, 0.4) is 0 Å². The first-order chi connectivity index (χ1) is 11.1. The van der Waals surface area contributed by atoms with E-state index in [-0.39, 0.29) is 17.4 Å². The minimum Gasteiger partial charge on any atom is -0.338 e. The van der Waals surface area contributed by atoms with Crippen LogP contribution >= 0.6 is 11.6 Å². The van der Waals surface area contributed by atoms with Gasteiger partial charge in [-0.25, -0.2) is 9.37 Å². The molecule has 3 rings (SSSR count). The number of nitrogens with zero attached hydrogens (tertiary/aromatic N) is 3. The van der Waals surface area contributed by atoms with E-state index in [0.717, 1.165) is 25.2 Å². The number of carbonyl (C=O) groups is 1. The molecule has 23 heavy (non-hydrogen) atoms. The van der Waals surface area contributed by atoms with E-state index in [9.17, 15) is 9.18 Å². The van der Waals surface area contributed by atoms with E-state index in [1.165, 1.54) is 12.1 Å². The second kappa shape index (κ2) is 6.71. The number of aromatic nitrogens is 2. The quantitative estimate of drug-likeness (QED) is 0.857. The van der Waals surface area contributed by atoms with Gasteiger partial charge >= 0.3 is 0 Å². The molecule has 6 heteroatoms. The molecule has 0 bridgehead atoms. The second-order valence-corrected chi connectivity index (χ2v) is 6.22. The van der Waals surface area contributed by atoms with Crippen LogP contribution in [0.15, 0.2) is 30.6 Å². The Labute approximate surface area is 139 Å². The van der Waals surface area contributed by atoms with E-state index in [0.29, 0.717) is 18.1 Å². The molecule has 2 heterocycles. The van der Waals surface area contributed by atoms with Crippen molar-refractivity contribution in [1.82, 2.24) is 14.5 Å². The Bertz CT molecular complexity index is 716. The normalized spacial score (nSPS) is 18.2. The van der Waals surface area contributed by atoms with E-state index in [1.807, 2.05) is 6.20 Å². The SMILES string of the molecule is CCn1ccnc1[C@H]1CCCN(C(=O)c2ccc(Cl)cc2F)C1. The Balaban J connectivity index is 1.79. The highest BCUT2D eigenvalue weighted by atomic mass is 35.5. The zero-order valence-electron chi connectivity index (χ0n) is 13.0. The predicted octanol–water partition coefficient (Wildman–Crippen LogP) is 3.72. The van der Waals surface area contributed by atoms with Crippen molar-refractivity contribution in [2.75, 3.05) is 13.1 Å². The number of aryl methyl sites for hydroxylation is 1. The molecule has 1 aliphatic rings. The van der Waals surface area contributed by atoms with E-state index in [2.05, 4.69) is 16.5 Å². The van der Waals surface area contributed by atoms with Crippen molar-refractivity contribution >= 4 is 17.5 Å². The molecule has 1 fully saturated rings. The van der Waals surface area contributed by atoms with Crippen molar-refractivity contribution in [3.8, 4) is 0 Å². The first-order valence-corrected chi connectivity index (χ1v) is 8.23. The standard InChI is InChI=1S/C17H19ClFN3O/c1-2-21-9-7-20-16(21)12-4-3-8-22(11-12)17(23)14-6-5-13(18)10-15(14)19/h5-7,9-10,12H,2-4,8,11H2,1H3/t12-/m0/s1. The lowest BCUT2D eigenvalue weighted by Gasteiger charge is -2.32. The largest absolute Gasteiger partial charge is 0.338 e. The van der Waals surface area contributed by atoms with Crippen molar-refractivity contribution in [2.24, 2.45) is 0 Å². The zero-order valence-corrected chi connectivity index (χ0v) is 13.8. The first kappa shape index (κ1) is 16.0. The van der Waals surface area contributed by atoms with Crippen LogP contribution in [0.4, 0.5) is 4.39 Å². The summed E-state index contributed by atoms with van der Waals surface area (Å²) in [5.41, 5.74) is 0.0777. The summed E-state index contributed by atoms with van der Waals surface area (Å²) in [6.07, 6.45) is 5.62. The molecule has 1 amide bonds. The highest BCUT2D eigenvalue weighted by Gasteiger charge is 2.28. The summed E-state index contributed by atoms with van der Waals surface area (Å²) in [4.78, 5) is 18.8. The van der Waals surface area contributed by atoms with Crippen molar-refractivity contribution < 1.29 is 9.18 Å². The molecular weight excluding hydrogens is 317 g/mol. The molecule has 1 aromatic carbocycles. The third kappa shape index (κ3) is 3.24. The minimum atomic E-state index is -0.570. The molecule has 4 nitrogen and oxygen atoms in total. The van der Waals surface area contributed by atoms with Crippen LogP contribution in [-0.2, 0) is 6.54 Å². The molecule has 1 aromatic heterocycles. The van der Waals surface area contributed by atoms with Crippen molar-refractivity contribution in [3.63, 3.8) is 0 Å². The second-order valence-electron chi connectivity index (χ2n) is 5.79. The summed E-state index contributed by atoms with van der Waals surface area (Å²) in [5.74, 6) is 0.345. The molecule has 0 unspecified atom stereocenters. The Kier molecular flexibility index (Phi) is 4.66. The van der Waals surface area contributed by atoms with Gasteiger partial charge in [-0.3, -0.25) is 4.79 Å². The summed E-state index contributed by atoms with van der Waals surface area (Å²) in [6, 6.07) is 4.18. The van der Waals surface area contributed by atoms with Crippen LogP contribution in [0.5, 0.6) is 0 Å². The van der Waals surface area contributed by atoms with Crippen molar-refractivity contribution in [1.29, 1.82) is 0 Å². The smallest absolute Gasteiger partial charge is 0.256 e. The summed E-state index contributed by atoms with van der Waals surface area (Å²) in [6.45, 7) is 4.13. The fraction of sp³-hybridized carbons (Fsp3) is 0.412. The van der Waals surface area contributed by atoms with Crippen LogP contribution < -0.4 is 0 Å². The Morgan fingerprint density at radius 3 is 3.04 bits per heavy atom. The molecule has 0 radical (unpaired) electrons. The number of hydrogen-bond acceptors (Lipinski definition) is 2. The van der Waals surface area contributed by atoms with Crippen molar-refractivity contribution in [2.45, 2.75) is 32.2 Å². The van der Waals surface area contributed by atoms with Crippen molar-refractivity contribution in [3.05, 3.63) is 52.8 Å². The molecule has 1 saturated heterocycles. The Morgan fingerprint density at radius 2 is 2.30 bits per heavy atom. The van der Waals surface area contributed by atoms with E-state index < -0.39 is 5.82 Å². The lowest BCUT2D eigenvalue weighted by atomic mass is 9.96. The summed E-state index contributed by atoms with van der Waals surface area (Å²) in [5, 5.41) is 0.292. The number of rotatable bonds is 3. The third-order valence-electron chi connectivity index (χ3n) is 4.32. The van der Waals surface area contributed by atoms with E-state index >= 15 is 0 Å². The molecule has 2 aromatic rings. The van der Waals surface area contributed by atoms with Crippen LogP contribution in [-0.4, -0.2) is 33.4 Å². The molecule has 0 N–H and O–H groups in total. The van der Waals surface area contributed by atoms with Crippen LogP contribution in [0.25, 0.3) is 0 Å². The highest BCUT2D eigenvalue weighted by Crippen LogP contribution is 2.27. The van der Waals surface area contributed by atoms with E-state index in [4.69, 9.17) is 11.6 Å². The summed E-state index contributed by atoms with van der Waals surface area (Å²) < 4.78 is 16.1. The number of benzene rings is 1. The van der Waals surface area contributed by atoms with Gasteiger partial charge in [0.15, 0.2) is 0 Å². The number of imidazole rings is 1. The zero-order chi connectivity index (χ0) is 16.4. The van der Waals surface area contributed by atoms with E-state index in [1.54, 1.807) is 17.2 Å². The minimum absolute atomic E-state index is 0.0777. The lowest BCUT2D eigenvalue weighted by Crippen LogP contribution is -2.40. The Hall–Kier alpha value is -1.88. The number of amides is 1. The van der Waals surface area contributed by atoms with Crippen LogP contribution in [0.2, 0.25) is 5.02 Å². The van der Waals surface area contributed by atoms with Gasteiger partial charge in [0.2, 0.25) is 0 Å². The monoisotopic (exact) mass is 335 g/mol. The topological polar surface area (TPSA) is 38.1 Å². The van der Waals surface area contributed by atoms with Gasteiger partial charge in [0, 0.05) is 43.0 Å². The van der Waals surface area contributed by atoms with Crippen LogP contribution in [0, 0.1) is 5.82 Å². The van der Waals surface area contributed by atoms with Gasteiger partial charge in [0.25, 0.3) is 5.91 Å². The molecule has 0 aliphatic carbocycles. The van der Waals surface area contributed by atoms with Gasteiger partial charge < -0.3 is 9.47 Å². The molecule has 1 atom stereocenters. The first-order valence-electron chi connectivity index (χ1n) is 7.85. The molecule has 0 spiro atoms. The molecule has 0 saturated carbocycles. The third-order valence-corrected chi connectivity index (χ3v) is 4.56. The number of halogens is 2. The van der Waals surface area contributed by atoms with Gasteiger partial charge in [0.1, 0.15) is 11.6 Å². The van der Waals surface area contributed by atoms with Gasteiger partial charge in [-0.05, 0) is 38.0 Å². The number of likely N-dealkylation sites (tertiary alicyclic amines) is 1. The fourth-order valence-electron chi connectivity index (χ4n) is 3.15. The highest BCUT2D eigenvalue weighted by molar-refractivity contribution is 6.30. The summed E-state index contributed by atoms with van der Waals surface area (Å²) in [7, 11) is 0. The molecular formula is C17H19ClFN3O. The molecule has 122 valence electrons. The van der Waals surface area contributed by atoms with Gasteiger partial charge in [0.05, 0.1) is 5.56 Å². The van der Waals surface area contributed by atoms with Crippen LogP contribution in [0.1, 0.15) is 41.9 Å². The number of carbonyl (C=O) groups excluding carboxylic acids is 1. The van der Waals surface area contributed by atoms with Gasteiger partial charge in [-0.2, -0.15) is 0 Å². The maximum Gasteiger partial charge on any atom is 0.256 e. The number of piperidine rings is 1. The average Bonchev–Trinajstić information content (AvgIpc) is 3.03. The summed E-state index contributed by atoms with van der Waals surface area (Å²) >= 11 is 5.76. The fourth-order valence-corrected chi connectivity index (χ4v) is 3.31. The number of hydrogen-bond donors (Lipinski definition) is 0. The molecule has 1 aliphatic heterocycles. The lowest BCUT2D eigenvalue weighted by molar-refractivity contribution is 0.0698. The van der Waals surface area contributed by atoms with Gasteiger partial charge in [-0.1, -0.05) is 11.6 Å². The average molecular weight is 336 g/mol. The Morgan fingerprint density at radius 1 is 1.48 bits per heavy atom. The van der Waals surface area contributed by atoms with Gasteiger partial charge in [-0.15, -0.1) is 0 Å². The predicted molar refractivity (Wildman–Crippen MR) is 87.2 cm³/mol. The maximum absolute atomic E-state index is 14.0.